The summed E-state index contributed by atoms with van der Waals surface area (Å²) in [4.78, 5) is 12.4. The van der Waals surface area contributed by atoms with Gasteiger partial charge in [-0.05, 0) is 36.8 Å². The van der Waals surface area contributed by atoms with Gasteiger partial charge >= 0.3 is 0 Å². The van der Waals surface area contributed by atoms with Gasteiger partial charge in [0.25, 0.3) is 0 Å². The van der Waals surface area contributed by atoms with Crippen LogP contribution in [0.3, 0.4) is 0 Å². The van der Waals surface area contributed by atoms with E-state index in [-0.39, 0.29) is 40.0 Å². The van der Waals surface area contributed by atoms with E-state index in [0.29, 0.717) is 11.1 Å². The number of rotatable bonds is 3. The number of hydrogen-bond acceptors (Lipinski definition) is 2. The average molecular weight is 362 g/mol. The van der Waals surface area contributed by atoms with Crippen molar-refractivity contribution in [2.24, 2.45) is 5.41 Å². The van der Waals surface area contributed by atoms with Gasteiger partial charge in [0.05, 0.1) is 27.6 Å². The molecule has 0 saturated heterocycles. The number of fused-ring (bicyclic) bond motifs is 1. The lowest BCUT2D eigenvalue weighted by molar-refractivity contribution is -0.117. The van der Waals surface area contributed by atoms with E-state index in [1.165, 1.54) is 6.07 Å². The second kappa shape index (κ2) is 6.34. The number of nitrogens with one attached hydrogen (secondary N) is 1. The molecule has 0 unspecified atom stereocenters. The number of aromatic nitrogens is 1. The third-order valence-electron chi connectivity index (χ3n) is 4.51. The van der Waals surface area contributed by atoms with E-state index >= 15 is 4.39 Å². The first-order valence-corrected chi connectivity index (χ1v) is 8.82. The second-order valence-corrected chi connectivity index (χ2v) is 8.27. The molecule has 1 saturated carbocycles. The molecule has 0 aliphatic heterocycles. The smallest absolute Gasteiger partial charge is 0.226 e. The number of carbonyl (C=O) groups is 1. The fraction of sp³-hybridized carbons (Fsp3) is 0.474. The van der Waals surface area contributed by atoms with Crippen LogP contribution in [0.4, 0.5) is 10.2 Å². The van der Waals surface area contributed by atoms with Crippen LogP contribution in [0.5, 0.6) is 0 Å². The summed E-state index contributed by atoms with van der Waals surface area (Å²) in [6.45, 7) is 5.88. The molecule has 3 rings (SSSR count). The molecule has 1 aliphatic carbocycles. The van der Waals surface area contributed by atoms with Gasteiger partial charge in [-0.15, -0.1) is 0 Å². The van der Waals surface area contributed by atoms with E-state index in [1.807, 2.05) is 20.8 Å². The highest BCUT2D eigenvalue weighted by Crippen LogP contribution is 2.42. The van der Waals surface area contributed by atoms with Crippen molar-refractivity contribution >= 4 is 34.2 Å². The second-order valence-electron chi connectivity index (χ2n) is 7.87. The van der Waals surface area contributed by atoms with Gasteiger partial charge in [-0.2, -0.15) is 5.26 Å². The summed E-state index contributed by atoms with van der Waals surface area (Å²) < 4.78 is 16.9. The Morgan fingerprint density at radius 2 is 2.12 bits per heavy atom. The van der Waals surface area contributed by atoms with Crippen LogP contribution in [-0.2, 0) is 4.79 Å². The Morgan fingerprint density at radius 3 is 2.64 bits per heavy atom. The lowest BCUT2D eigenvalue weighted by Crippen LogP contribution is -2.24. The summed E-state index contributed by atoms with van der Waals surface area (Å²) >= 11 is 6.22. The van der Waals surface area contributed by atoms with Gasteiger partial charge in [-0.1, -0.05) is 32.4 Å². The van der Waals surface area contributed by atoms with E-state index in [2.05, 4.69) is 11.4 Å². The predicted octanol–water partition coefficient (Wildman–Crippen LogP) is 5.41. The van der Waals surface area contributed by atoms with Crippen molar-refractivity contribution in [1.82, 2.24) is 4.57 Å². The standard InChI is InChI=1S/C19H21ClFN3O/c1-19(2,3)9-15(25)23-18-17(21)16-13(20)7-11(10-22)8-14(16)24(18)12-5-4-6-12/h7-8,12H,4-6,9H2,1-3H3,(H,23,25). The Balaban J connectivity index is 2.13. The highest BCUT2D eigenvalue weighted by Gasteiger charge is 2.30. The molecule has 6 heteroatoms. The quantitative estimate of drug-likeness (QED) is 0.795. The third kappa shape index (κ3) is 3.36. The largest absolute Gasteiger partial charge is 0.322 e. The number of amides is 1. The number of hydrogen-bond donors (Lipinski definition) is 1. The van der Waals surface area contributed by atoms with E-state index in [9.17, 15) is 10.1 Å². The maximum absolute atomic E-state index is 15.1. The van der Waals surface area contributed by atoms with Gasteiger partial charge in [-0.25, -0.2) is 4.39 Å². The van der Waals surface area contributed by atoms with Crippen LogP contribution in [0, 0.1) is 22.6 Å². The van der Waals surface area contributed by atoms with Crippen molar-refractivity contribution < 1.29 is 9.18 Å². The molecular formula is C19H21ClFN3O. The molecule has 132 valence electrons. The molecule has 1 aliphatic rings. The number of carbonyl (C=O) groups excluding carboxylic acids is 1. The molecule has 0 spiro atoms. The normalized spacial score (nSPS) is 15.0. The number of anilines is 1. The predicted molar refractivity (Wildman–Crippen MR) is 97.2 cm³/mol. The summed E-state index contributed by atoms with van der Waals surface area (Å²) in [7, 11) is 0. The molecule has 1 aromatic carbocycles. The van der Waals surface area contributed by atoms with Crippen LogP contribution in [-0.4, -0.2) is 10.5 Å². The molecule has 4 nitrogen and oxygen atoms in total. The van der Waals surface area contributed by atoms with E-state index in [4.69, 9.17) is 11.6 Å². The summed E-state index contributed by atoms with van der Waals surface area (Å²) in [5.41, 5.74) is 0.750. The zero-order valence-corrected chi connectivity index (χ0v) is 15.4. The van der Waals surface area contributed by atoms with Gasteiger partial charge < -0.3 is 9.88 Å². The minimum absolute atomic E-state index is 0.113. The van der Waals surface area contributed by atoms with Gasteiger partial charge in [0.1, 0.15) is 0 Å². The van der Waals surface area contributed by atoms with Crippen LogP contribution in [0.2, 0.25) is 5.02 Å². The van der Waals surface area contributed by atoms with Gasteiger partial charge in [0.2, 0.25) is 5.91 Å². The maximum Gasteiger partial charge on any atom is 0.226 e. The Bertz CT molecular complexity index is 885. The number of nitrogens with zero attached hydrogens (tertiary/aromatic N) is 2. The van der Waals surface area contributed by atoms with Crippen LogP contribution in [0.15, 0.2) is 12.1 Å². The van der Waals surface area contributed by atoms with Crippen LogP contribution in [0.1, 0.15) is 58.1 Å². The van der Waals surface area contributed by atoms with Gasteiger partial charge in [0.15, 0.2) is 11.6 Å². The number of nitriles is 1. The monoisotopic (exact) mass is 361 g/mol. The molecule has 25 heavy (non-hydrogen) atoms. The van der Waals surface area contributed by atoms with Crippen molar-refractivity contribution in [2.75, 3.05) is 5.32 Å². The summed E-state index contributed by atoms with van der Waals surface area (Å²) in [5, 5.41) is 12.4. The van der Waals surface area contributed by atoms with E-state index in [1.54, 1.807) is 10.6 Å². The molecule has 0 radical (unpaired) electrons. The van der Waals surface area contributed by atoms with Crippen LogP contribution < -0.4 is 5.32 Å². The van der Waals surface area contributed by atoms with Crippen LogP contribution >= 0.6 is 11.6 Å². The highest BCUT2D eigenvalue weighted by atomic mass is 35.5. The number of benzene rings is 1. The molecule has 1 aromatic heterocycles. The Morgan fingerprint density at radius 1 is 1.44 bits per heavy atom. The van der Waals surface area contributed by atoms with Gasteiger partial charge in [0, 0.05) is 12.5 Å². The Labute approximate surface area is 151 Å². The minimum Gasteiger partial charge on any atom is -0.322 e. The lowest BCUT2D eigenvalue weighted by atomic mass is 9.92. The molecule has 0 bridgehead atoms. The maximum atomic E-state index is 15.1. The van der Waals surface area contributed by atoms with E-state index < -0.39 is 5.82 Å². The molecule has 1 heterocycles. The first-order chi connectivity index (χ1) is 11.7. The van der Waals surface area contributed by atoms with Crippen molar-refractivity contribution in [3.8, 4) is 6.07 Å². The summed E-state index contributed by atoms with van der Waals surface area (Å²) in [6.07, 6.45) is 3.18. The summed E-state index contributed by atoms with van der Waals surface area (Å²) in [6, 6.07) is 5.27. The minimum atomic E-state index is -0.529. The fourth-order valence-corrected chi connectivity index (χ4v) is 3.50. The van der Waals surface area contributed by atoms with Crippen molar-refractivity contribution in [3.63, 3.8) is 0 Å². The fourth-order valence-electron chi connectivity index (χ4n) is 3.21. The highest BCUT2D eigenvalue weighted by molar-refractivity contribution is 6.35. The summed E-state index contributed by atoms with van der Waals surface area (Å²) in [5.74, 6) is -0.601. The Kier molecular flexibility index (Phi) is 4.51. The SMILES string of the molecule is CC(C)(C)CC(=O)Nc1c(F)c2c(Cl)cc(C#N)cc2n1C1CCC1. The lowest BCUT2D eigenvalue weighted by Gasteiger charge is -2.30. The van der Waals surface area contributed by atoms with Crippen LogP contribution in [0.25, 0.3) is 10.9 Å². The first-order valence-electron chi connectivity index (χ1n) is 8.44. The Hall–Kier alpha value is -2.06. The number of halogens is 2. The van der Waals surface area contributed by atoms with E-state index in [0.717, 1.165) is 19.3 Å². The molecule has 1 N–H and O–H groups in total. The third-order valence-corrected chi connectivity index (χ3v) is 4.81. The zero-order chi connectivity index (χ0) is 18.4. The first kappa shape index (κ1) is 17.8. The zero-order valence-electron chi connectivity index (χ0n) is 14.6. The van der Waals surface area contributed by atoms with Crippen molar-refractivity contribution in [1.29, 1.82) is 5.26 Å². The van der Waals surface area contributed by atoms with Gasteiger partial charge in [-0.3, -0.25) is 4.79 Å². The molecule has 0 atom stereocenters. The van der Waals surface area contributed by atoms with Crippen molar-refractivity contribution in [2.45, 2.75) is 52.5 Å². The molecule has 2 aromatic rings. The molecular weight excluding hydrogens is 341 g/mol. The molecule has 1 fully saturated rings. The average Bonchev–Trinajstić information content (AvgIpc) is 2.69. The topological polar surface area (TPSA) is 57.8 Å². The van der Waals surface area contributed by atoms with Crippen molar-refractivity contribution in [3.05, 3.63) is 28.5 Å². The molecule has 1 amide bonds.